The second-order valence-electron chi connectivity index (χ2n) is 7.70. The number of aromatic amines is 1. The minimum atomic E-state index is -0.342. The number of fused-ring (bicyclic) bond motifs is 1. The SMILES string of the molecule is C[C@@H](Oc1ccc2[nH]nc(-c3ccc(N4CCNCC4)nc3)c2c1)c1c(Cl)cncc1Cl. The molecule has 4 heterocycles. The molecule has 0 spiro atoms. The molecule has 7 nitrogen and oxygen atoms in total. The van der Waals surface area contributed by atoms with E-state index in [1.54, 1.807) is 12.4 Å². The Kier molecular flexibility index (Phi) is 5.87. The summed E-state index contributed by atoms with van der Waals surface area (Å²) in [6.07, 6.45) is 4.67. The Morgan fingerprint density at radius 2 is 1.81 bits per heavy atom. The van der Waals surface area contributed by atoms with E-state index >= 15 is 0 Å². The van der Waals surface area contributed by atoms with E-state index in [0.29, 0.717) is 21.4 Å². The molecule has 1 aromatic carbocycles. The van der Waals surface area contributed by atoms with Crippen LogP contribution in [0.4, 0.5) is 5.82 Å². The minimum absolute atomic E-state index is 0.342. The lowest BCUT2D eigenvalue weighted by molar-refractivity contribution is 0.227. The Morgan fingerprint density at radius 1 is 1.03 bits per heavy atom. The van der Waals surface area contributed by atoms with E-state index in [2.05, 4.69) is 42.5 Å². The van der Waals surface area contributed by atoms with Crippen LogP contribution in [0.5, 0.6) is 5.75 Å². The van der Waals surface area contributed by atoms with Gasteiger partial charge in [-0.15, -0.1) is 0 Å². The summed E-state index contributed by atoms with van der Waals surface area (Å²) in [7, 11) is 0. The first kappa shape index (κ1) is 21.0. The number of piperazine rings is 1. The third-order valence-corrected chi connectivity index (χ3v) is 6.21. The molecule has 164 valence electrons. The van der Waals surface area contributed by atoms with Crippen LogP contribution in [0.15, 0.2) is 48.9 Å². The highest BCUT2D eigenvalue weighted by Crippen LogP contribution is 2.34. The molecule has 0 aliphatic carbocycles. The first-order chi connectivity index (χ1) is 15.6. The van der Waals surface area contributed by atoms with Crippen LogP contribution in [0.3, 0.4) is 0 Å². The van der Waals surface area contributed by atoms with Gasteiger partial charge in [0.1, 0.15) is 23.4 Å². The molecule has 0 radical (unpaired) electrons. The van der Waals surface area contributed by atoms with Crippen LogP contribution in [-0.4, -0.2) is 46.3 Å². The number of ether oxygens (including phenoxy) is 1. The van der Waals surface area contributed by atoms with Crippen molar-refractivity contribution in [3.63, 3.8) is 0 Å². The van der Waals surface area contributed by atoms with Crippen LogP contribution in [0, 0.1) is 0 Å². The number of pyridine rings is 2. The predicted molar refractivity (Wildman–Crippen MR) is 128 cm³/mol. The van der Waals surface area contributed by atoms with Gasteiger partial charge in [0.15, 0.2) is 0 Å². The topological polar surface area (TPSA) is 79.0 Å². The maximum absolute atomic E-state index is 6.29. The number of benzene rings is 1. The zero-order valence-electron chi connectivity index (χ0n) is 17.5. The smallest absolute Gasteiger partial charge is 0.128 e. The Hall–Kier alpha value is -2.87. The van der Waals surface area contributed by atoms with Gasteiger partial charge in [-0.25, -0.2) is 4.98 Å². The Balaban J connectivity index is 1.41. The molecule has 1 fully saturated rings. The Bertz CT molecular complexity index is 1220. The first-order valence-corrected chi connectivity index (χ1v) is 11.2. The van der Waals surface area contributed by atoms with E-state index in [-0.39, 0.29) is 6.10 Å². The Labute approximate surface area is 195 Å². The number of hydrogen-bond acceptors (Lipinski definition) is 6. The molecule has 2 N–H and O–H groups in total. The fourth-order valence-electron chi connectivity index (χ4n) is 3.97. The van der Waals surface area contributed by atoms with Crippen molar-refractivity contribution in [2.75, 3.05) is 31.1 Å². The normalized spacial score (nSPS) is 15.2. The lowest BCUT2D eigenvalue weighted by Gasteiger charge is -2.28. The molecule has 1 saturated heterocycles. The van der Waals surface area contributed by atoms with Crippen molar-refractivity contribution in [2.45, 2.75) is 13.0 Å². The second-order valence-corrected chi connectivity index (χ2v) is 8.51. The van der Waals surface area contributed by atoms with Gasteiger partial charge >= 0.3 is 0 Å². The van der Waals surface area contributed by atoms with Crippen LogP contribution in [0.25, 0.3) is 22.2 Å². The lowest BCUT2D eigenvalue weighted by atomic mass is 10.1. The van der Waals surface area contributed by atoms with Crippen molar-refractivity contribution in [1.29, 1.82) is 0 Å². The van der Waals surface area contributed by atoms with Crippen LogP contribution in [0.2, 0.25) is 10.0 Å². The number of nitrogens with one attached hydrogen (secondary N) is 2. The van der Waals surface area contributed by atoms with E-state index < -0.39 is 0 Å². The number of H-pyrrole nitrogens is 1. The van der Waals surface area contributed by atoms with Gasteiger partial charge in [0.05, 0.1) is 15.6 Å². The van der Waals surface area contributed by atoms with Crippen molar-refractivity contribution in [3.05, 3.63) is 64.5 Å². The number of nitrogens with zero attached hydrogens (tertiary/aromatic N) is 4. The number of rotatable bonds is 5. The molecular weight excluding hydrogens is 447 g/mol. The van der Waals surface area contributed by atoms with Gasteiger partial charge in [0.25, 0.3) is 0 Å². The zero-order valence-corrected chi connectivity index (χ0v) is 19.0. The Morgan fingerprint density at radius 3 is 2.53 bits per heavy atom. The van der Waals surface area contributed by atoms with Crippen LogP contribution < -0.4 is 15.0 Å². The monoisotopic (exact) mass is 468 g/mol. The van der Waals surface area contributed by atoms with Crippen molar-refractivity contribution in [2.24, 2.45) is 0 Å². The fraction of sp³-hybridized carbons (Fsp3) is 0.261. The van der Waals surface area contributed by atoms with Crippen LogP contribution in [0.1, 0.15) is 18.6 Å². The molecule has 5 rings (SSSR count). The molecule has 4 aromatic rings. The number of aromatic nitrogens is 4. The molecule has 1 aliphatic rings. The lowest BCUT2D eigenvalue weighted by Crippen LogP contribution is -2.43. The molecule has 9 heteroatoms. The van der Waals surface area contributed by atoms with Crippen molar-refractivity contribution >= 4 is 39.9 Å². The highest BCUT2D eigenvalue weighted by molar-refractivity contribution is 6.35. The number of hydrogen-bond donors (Lipinski definition) is 2. The summed E-state index contributed by atoms with van der Waals surface area (Å²) in [4.78, 5) is 11.0. The fourth-order valence-corrected chi connectivity index (χ4v) is 4.64. The van der Waals surface area contributed by atoms with Gasteiger partial charge in [0.2, 0.25) is 0 Å². The van der Waals surface area contributed by atoms with E-state index in [0.717, 1.165) is 54.2 Å². The minimum Gasteiger partial charge on any atom is -0.486 e. The molecule has 0 unspecified atom stereocenters. The zero-order chi connectivity index (χ0) is 22.1. The standard InChI is InChI=1S/C23H22Cl2N6O/c1-14(22-18(24)12-27-13-19(22)25)32-16-3-4-20-17(10-16)23(30-29-20)15-2-5-21(28-11-15)31-8-6-26-7-9-31/h2-5,10-14,26H,6-9H2,1H3,(H,29,30)/t14-/m1/s1. The highest BCUT2D eigenvalue weighted by Gasteiger charge is 2.18. The average Bonchev–Trinajstić information content (AvgIpc) is 3.23. The van der Waals surface area contributed by atoms with Gasteiger partial charge < -0.3 is 15.0 Å². The summed E-state index contributed by atoms with van der Waals surface area (Å²) in [5.74, 6) is 1.68. The molecule has 0 bridgehead atoms. The average molecular weight is 469 g/mol. The summed E-state index contributed by atoms with van der Waals surface area (Å²) < 4.78 is 6.16. The van der Waals surface area contributed by atoms with Gasteiger partial charge in [-0.2, -0.15) is 5.10 Å². The van der Waals surface area contributed by atoms with E-state index in [1.807, 2.05) is 31.3 Å². The quantitative estimate of drug-likeness (QED) is 0.434. The maximum Gasteiger partial charge on any atom is 0.128 e. The molecule has 1 aliphatic heterocycles. The van der Waals surface area contributed by atoms with E-state index in [1.165, 1.54) is 0 Å². The van der Waals surface area contributed by atoms with Crippen molar-refractivity contribution in [1.82, 2.24) is 25.5 Å². The van der Waals surface area contributed by atoms with Gasteiger partial charge in [-0.3, -0.25) is 10.1 Å². The van der Waals surface area contributed by atoms with E-state index in [9.17, 15) is 0 Å². The predicted octanol–water partition coefficient (Wildman–Crippen LogP) is 4.88. The summed E-state index contributed by atoms with van der Waals surface area (Å²) in [5.41, 5.74) is 3.41. The summed E-state index contributed by atoms with van der Waals surface area (Å²) in [6.45, 7) is 5.78. The first-order valence-electron chi connectivity index (χ1n) is 10.5. The van der Waals surface area contributed by atoms with Gasteiger partial charge in [-0.1, -0.05) is 23.2 Å². The highest BCUT2D eigenvalue weighted by atomic mass is 35.5. The molecule has 0 amide bonds. The van der Waals surface area contributed by atoms with Crippen molar-refractivity contribution in [3.8, 4) is 17.0 Å². The molecule has 3 aromatic heterocycles. The number of halogens is 2. The molecule has 1 atom stereocenters. The third kappa shape index (κ3) is 4.11. The number of anilines is 1. The van der Waals surface area contributed by atoms with E-state index in [4.69, 9.17) is 27.9 Å². The molecule has 0 saturated carbocycles. The summed E-state index contributed by atoms with van der Waals surface area (Å²) in [5, 5.41) is 12.9. The van der Waals surface area contributed by atoms with Crippen LogP contribution in [-0.2, 0) is 0 Å². The van der Waals surface area contributed by atoms with Crippen LogP contribution >= 0.6 is 23.2 Å². The summed E-state index contributed by atoms with van der Waals surface area (Å²) >= 11 is 12.6. The largest absolute Gasteiger partial charge is 0.486 e. The third-order valence-electron chi connectivity index (χ3n) is 5.61. The molecular formula is C23H22Cl2N6O. The van der Waals surface area contributed by atoms with Gasteiger partial charge in [0, 0.05) is 61.3 Å². The summed E-state index contributed by atoms with van der Waals surface area (Å²) in [6, 6.07) is 9.93. The molecule has 32 heavy (non-hydrogen) atoms. The second kappa shape index (κ2) is 8.94. The maximum atomic E-state index is 6.29. The van der Waals surface area contributed by atoms with Gasteiger partial charge in [-0.05, 0) is 37.3 Å². The van der Waals surface area contributed by atoms with Crippen molar-refractivity contribution < 1.29 is 4.74 Å².